The highest BCUT2D eigenvalue weighted by molar-refractivity contribution is 5.56. The second-order valence-corrected chi connectivity index (χ2v) is 5.93. The molecular formula is C19H20O7. The lowest BCUT2D eigenvalue weighted by molar-refractivity contribution is 0.164. The zero-order chi connectivity index (χ0) is 17.9. The van der Waals surface area contributed by atoms with Crippen LogP contribution in [0.15, 0.2) is 24.3 Å². The molecule has 7 nitrogen and oxygen atoms in total. The quantitative estimate of drug-likeness (QED) is 0.812. The summed E-state index contributed by atoms with van der Waals surface area (Å²) in [6.07, 6.45) is 1.56. The Balaban J connectivity index is 1.53. The summed E-state index contributed by atoms with van der Waals surface area (Å²) in [5.41, 5.74) is 2.14. The van der Waals surface area contributed by atoms with Gasteiger partial charge in [-0.15, -0.1) is 0 Å². The molecular weight excluding hydrogens is 340 g/mol. The van der Waals surface area contributed by atoms with Crippen LogP contribution >= 0.6 is 0 Å². The normalized spacial score (nSPS) is 13.8. The van der Waals surface area contributed by atoms with Gasteiger partial charge in [-0.25, -0.2) is 0 Å². The lowest BCUT2D eigenvalue weighted by Gasteiger charge is -2.11. The maximum absolute atomic E-state index is 8.99. The molecule has 138 valence electrons. The van der Waals surface area contributed by atoms with Crippen molar-refractivity contribution in [3.63, 3.8) is 0 Å². The van der Waals surface area contributed by atoms with Crippen molar-refractivity contribution < 1.29 is 33.5 Å². The van der Waals surface area contributed by atoms with Crippen molar-refractivity contribution >= 4 is 0 Å². The molecule has 2 aliphatic rings. The number of hydrogen-bond acceptors (Lipinski definition) is 7. The minimum Gasteiger partial charge on any atom is -0.493 e. The van der Waals surface area contributed by atoms with Crippen molar-refractivity contribution in [3.05, 3.63) is 35.4 Å². The van der Waals surface area contributed by atoms with Gasteiger partial charge in [0, 0.05) is 0 Å². The Labute approximate surface area is 151 Å². The molecule has 4 rings (SSSR count). The predicted octanol–water partition coefficient (Wildman–Crippen LogP) is 2.31. The molecule has 2 aromatic carbocycles. The summed E-state index contributed by atoms with van der Waals surface area (Å²) in [6.45, 7) is 0.534. The van der Waals surface area contributed by atoms with Crippen LogP contribution in [0.3, 0.4) is 0 Å². The molecule has 0 aromatic heterocycles. The van der Waals surface area contributed by atoms with Crippen molar-refractivity contribution in [2.75, 3.05) is 33.9 Å². The fourth-order valence-corrected chi connectivity index (χ4v) is 3.06. The number of fused-ring (bicyclic) bond motifs is 2. The topological polar surface area (TPSA) is 75.6 Å². The Kier molecular flexibility index (Phi) is 4.62. The maximum atomic E-state index is 8.99. The number of methoxy groups -OCH3 is 1. The van der Waals surface area contributed by atoms with Gasteiger partial charge in [0.15, 0.2) is 23.0 Å². The van der Waals surface area contributed by atoms with E-state index < -0.39 is 0 Å². The molecule has 0 aliphatic carbocycles. The summed E-state index contributed by atoms with van der Waals surface area (Å²) in [5.74, 6) is 3.88. The van der Waals surface area contributed by atoms with Gasteiger partial charge < -0.3 is 33.5 Å². The number of aliphatic hydroxyl groups is 1. The molecule has 0 bridgehead atoms. The molecule has 0 atom stereocenters. The maximum Gasteiger partial charge on any atom is 0.231 e. The first-order valence-corrected chi connectivity index (χ1v) is 8.41. The lowest BCUT2D eigenvalue weighted by Crippen LogP contribution is -2.03. The van der Waals surface area contributed by atoms with Crippen LogP contribution in [0.2, 0.25) is 0 Å². The van der Waals surface area contributed by atoms with Crippen LogP contribution in [-0.2, 0) is 12.8 Å². The highest BCUT2D eigenvalue weighted by Gasteiger charge is 2.22. The summed E-state index contributed by atoms with van der Waals surface area (Å²) in [7, 11) is 1.61. The van der Waals surface area contributed by atoms with Gasteiger partial charge in [0.2, 0.25) is 25.1 Å². The van der Waals surface area contributed by atoms with E-state index in [1.54, 1.807) is 7.11 Å². The van der Waals surface area contributed by atoms with Gasteiger partial charge in [0.1, 0.15) is 6.61 Å². The van der Waals surface area contributed by atoms with Gasteiger partial charge in [-0.3, -0.25) is 0 Å². The van der Waals surface area contributed by atoms with E-state index in [1.807, 2.05) is 24.3 Å². The van der Waals surface area contributed by atoms with Crippen LogP contribution in [0.5, 0.6) is 34.5 Å². The molecule has 0 saturated carbocycles. The monoisotopic (exact) mass is 360 g/mol. The average Bonchev–Trinajstić information content (AvgIpc) is 3.32. The highest BCUT2D eigenvalue weighted by Crippen LogP contribution is 2.43. The number of hydrogen-bond donors (Lipinski definition) is 1. The Morgan fingerprint density at radius 2 is 1.42 bits per heavy atom. The van der Waals surface area contributed by atoms with Crippen LogP contribution in [0.25, 0.3) is 0 Å². The van der Waals surface area contributed by atoms with Crippen LogP contribution in [0, 0.1) is 0 Å². The summed E-state index contributed by atoms with van der Waals surface area (Å²) >= 11 is 0. The van der Waals surface area contributed by atoms with Crippen molar-refractivity contribution in [2.24, 2.45) is 0 Å². The van der Waals surface area contributed by atoms with Crippen LogP contribution in [-0.4, -0.2) is 39.0 Å². The second kappa shape index (κ2) is 7.21. The summed E-state index contributed by atoms with van der Waals surface area (Å²) in [6, 6.07) is 7.82. The predicted molar refractivity (Wildman–Crippen MR) is 91.7 cm³/mol. The smallest absolute Gasteiger partial charge is 0.231 e. The summed E-state index contributed by atoms with van der Waals surface area (Å²) in [4.78, 5) is 0. The number of benzene rings is 2. The van der Waals surface area contributed by atoms with Gasteiger partial charge in [-0.1, -0.05) is 0 Å². The van der Waals surface area contributed by atoms with Crippen LogP contribution < -0.4 is 28.4 Å². The molecule has 7 heteroatoms. The Hall–Kier alpha value is -2.80. The van der Waals surface area contributed by atoms with Crippen molar-refractivity contribution in [3.8, 4) is 34.5 Å². The third-order valence-corrected chi connectivity index (χ3v) is 4.27. The molecule has 0 saturated heterocycles. The van der Waals surface area contributed by atoms with Gasteiger partial charge in [-0.2, -0.15) is 0 Å². The SMILES string of the molecule is COc1cc(CCc2cc(OCCO)c3c(c2)OCO3)cc2c1OCO2. The van der Waals surface area contributed by atoms with Crippen molar-refractivity contribution in [1.82, 2.24) is 0 Å². The minimum atomic E-state index is -0.0587. The van der Waals surface area contributed by atoms with Crippen LogP contribution in [0.4, 0.5) is 0 Å². The van der Waals surface area contributed by atoms with E-state index in [0.717, 1.165) is 24.0 Å². The lowest BCUT2D eigenvalue weighted by atomic mass is 10.0. The molecule has 2 aliphatic heterocycles. The van der Waals surface area contributed by atoms with Gasteiger partial charge in [-0.05, 0) is 48.2 Å². The molecule has 1 N–H and O–H groups in total. The Morgan fingerprint density at radius 3 is 2.00 bits per heavy atom. The number of rotatable bonds is 7. The number of aliphatic hydroxyl groups excluding tert-OH is 1. The van der Waals surface area contributed by atoms with Crippen LogP contribution in [0.1, 0.15) is 11.1 Å². The first-order chi connectivity index (χ1) is 12.8. The first kappa shape index (κ1) is 16.7. The van der Waals surface area contributed by atoms with Crippen molar-refractivity contribution in [2.45, 2.75) is 12.8 Å². The van der Waals surface area contributed by atoms with E-state index in [4.69, 9.17) is 33.5 Å². The van der Waals surface area contributed by atoms with Gasteiger partial charge in [0.25, 0.3) is 0 Å². The minimum absolute atomic E-state index is 0.0587. The summed E-state index contributed by atoms with van der Waals surface area (Å²) in [5, 5.41) is 8.99. The zero-order valence-electron chi connectivity index (χ0n) is 14.4. The molecule has 0 amide bonds. The highest BCUT2D eigenvalue weighted by atomic mass is 16.7. The molecule has 0 radical (unpaired) electrons. The summed E-state index contributed by atoms with van der Waals surface area (Å²) < 4.78 is 32.8. The molecule has 26 heavy (non-hydrogen) atoms. The fraction of sp³-hybridized carbons (Fsp3) is 0.368. The van der Waals surface area contributed by atoms with Gasteiger partial charge >= 0.3 is 0 Å². The van der Waals surface area contributed by atoms with E-state index in [9.17, 15) is 0 Å². The van der Waals surface area contributed by atoms with Gasteiger partial charge in [0.05, 0.1) is 13.7 Å². The van der Waals surface area contributed by atoms with Crippen molar-refractivity contribution in [1.29, 1.82) is 0 Å². The number of aryl methyl sites for hydroxylation is 2. The molecule has 0 fully saturated rings. The number of ether oxygens (including phenoxy) is 6. The molecule has 0 spiro atoms. The van der Waals surface area contributed by atoms with E-state index in [-0.39, 0.29) is 26.8 Å². The third-order valence-electron chi connectivity index (χ3n) is 4.27. The molecule has 2 aromatic rings. The average molecular weight is 360 g/mol. The van der Waals surface area contributed by atoms with E-state index >= 15 is 0 Å². The van der Waals surface area contributed by atoms with E-state index in [1.165, 1.54) is 0 Å². The largest absolute Gasteiger partial charge is 0.493 e. The van der Waals surface area contributed by atoms with E-state index in [0.29, 0.717) is 34.5 Å². The Morgan fingerprint density at radius 1 is 0.846 bits per heavy atom. The zero-order valence-corrected chi connectivity index (χ0v) is 14.4. The standard InChI is InChI=1S/C19H20O7/c1-21-14-6-12(8-16-18(14)25-10-23-16)2-3-13-7-15(22-5-4-20)19-17(9-13)24-11-26-19/h6-9,20H,2-5,10-11H2,1H3. The molecule has 2 heterocycles. The Bertz CT molecular complexity index is 803. The fourth-order valence-electron chi connectivity index (χ4n) is 3.06. The van der Waals surface area contributed by atoms with E-state index in [2.05, 4.69) is 0 Å². The first-order valence-electron chi connectivity index (χ1n) is 8.41. The third kappa shape index (κ3) is 3.17. The second-order valence-electron chi connectivity index (χ2n) is 5.93. The molecule has 0 unspecified atom stereocenters.